The van der Waals surface area contributed by atoms with Gasteiger partial charge < -0.3 is 28.6 Å². The van der Waals surface area contributed by atoms with Crippen LogP contribution in [-0.4, -0.2) is 75.5 Å². The van der Waals surface area contributed by atoms with Crippen molar-refractivity contribution in [3.05, 3.63) is 12.2 Å². The maximum atomic E-state index is 12.7. The minimum absolute atomic E-state index is 0.0456. The molecule has 0 rings (SSSR count). The lowest BCUT2D eigenvalue weighted by molar-refractivity contribution is -0.889. The molecule has 0 radical (unpaired) electrons. The highest BCUT2D eigenvalue weighted by molar-refractivity contribution is 5.70. The van der Waals surface area contributed by atoms with Gasteiger partial charge in [0.15, 0.2) is 6.10 Å². The van der Waals surface area contributed by atoms with Gasteiger partial charge >= 0.3 is 11.9 Å². The van der Waals surface area contributed by atoms with Crippen molar-refractivity contribution in [3.63, 3.8) is 0 Å². The second-order valence-electron chi connectivity index (χ2n) is 17.4. The molecule has 2 unspecified atom stereocenters. The number of hydrogen-bond donors (Lipinski definition) is 0. The van der Waals surface area contributed by atoms with Gasteiger partial charge in [0.25, 0.3) is 0 Å². The van der Waals surface area contributed by atoms with Crippen molar-refractivity contribution in [1.29, 1.82) is 0 Å². The Kier molecular flexibility index (Phi) is 38.5. The number of rotatable bonds is 43. The topological polar surface area (TPSA) is 102 Å². The van der Waals surface area contributed by atoms with Gasteiger partial charge in [0, 0.05) is 19.3 Å². The van der Waals surface area contributed by atoms with Crippen molar-refractivity contribution in [2.75, 3.05) is 41.0 Å². The number of allylic oxidation sites excluding steroid dienone is 2. The maximum Gasteiger partial charge on any atom is 0.306 e. The van der Waals surface area contributed by atoms with E-state index in [4.69, 9.17) is 14.2 Å². The molecule has 0 heterocycles. The van der Waals surface area contributed by atoms with Crippen molar-refractivity contribution in [2.45, 2.75) is 238 Å². The van der Waals surface area contributed by atoms with Crippen LogP contribution in [0.4, 0.5) is 0 Å². The van der Waals surface area contributed by atoms with Crippen LogP contribution in [0.5, 0.6) is 0 Å². The average molecular weight is 794 g/mol. The summed E-state index contributed by atoms with van der Waals surface area (Å²) in [7, 11) is 5.42. The van der Waals surface area contributed by atoms with Gasteiger partial charge in [0.2, 0.25) is 0 Å². The number of ether oxygens (including phenoxy) is 3. The highest BCUT2D eigenvalue weighted by Gasteiger charge is 2.25. The smallest absolute Gasteiger partial charge is 0.306 e. The monoisotopic (exact) mass is 794 g/mol. The molecule has 0 aromatic carbocycles. The lowest BCUT2D eigenvalue weighted by atomic mass is 10.1. The number of nitrogens with zero attached hydrogens (tertiary/aromatic N) is 1. The highest BCUT2D eigenvalue weighted by atomic mass is 16.6. The summed E-state index contributed by atoms with van der Waals surface area (Å²) < 4.78 is 17.2. The summed E-state index contributed by atoms with van der Waals surface area (Å²) in [5.41, 5.74) is 0. The molecule has 8 nitrogen and oxygen atoms in total. The number of hydrogen-bond acceptors (Lipinski definition) is 7. The van der Waals surface area contributed by atoms with Gasteiger partial charge in [0.1, 0.15) is 12.6 Å². The van der Waals surface area contributed by atoms with Crippen molar-refractivity contribution in [1.82, 2.24) is 0 Å². The third-order valence-electron chi connectivity index (χ3n) is 10.9. The average Bonchev–Trinajstić information content (AvgIpc) is 3.15. The van der Waals surface area contributed by atoms with E-state index in [0.717, 1.165) is 38.5 Å². The molecule has 0 bridgehead atoms. The third kappa shape index (κ3) is 37.6. The predicted molar refractivity (Wildman–Crippen MR) is 231 cm³/mol. The Hall–Kier alpha value is -1.93. The van der Waals surface area contributed by atoms with Crippen LogP contribution in [0.15, 0.2) is 12.2 Å². The minimum atomic E-state index is -1.12. The van der Waals surface area contributed by atoms with Crippen LogP contribution in [0.1, 0.15) is 226 Å². The molecular formula is C48H91NO7. The number of carbonyl (C=O) groups excluding carboxylic acids is 3. The first kappa shape index (κ1) is 54.1. The molecular weight excluding hydrogens is 703 g/mol. The molecule has 56 heavy (non-hydrogen) atoms. The normalized spacial score (nSPS) is 12.9. The van der Waals surface area contributed by atoms with Crippen molar-refractivity contribution < 1.29 is 38.2 Å². The van der Waals surface area contributed by atoms with E-state index >= 15 is 0 Å². The summed E-state index contributed by atoms with van der Waals surface area (Å²) in [5, 5.41) is 11.6. The zero-order valence-electron chi connectivity index (χ0n) is 37.6. The molecule has 0 amide bonds. The fourth-order valence-electron chi connectivity index (χ4n) is 7.18. The zero-order chi connectivity index (χ0) is 41.4. The van der Waals surface area contributed by atoms with Crippen LogP contribution in [0.3, 0.4) is 0 Å². The molecule has 330 valence electrons. The van der Waals surface area contributed by atoms with E-state index in [1.807, 2.05) is 0 Å². The molecule has 0 aromatic heterocycles. The Morgan fingerprint density at radius 3 is 1.29 bits per heavy atom. The Morgan fingerprint density at radius 1 is 0.518 bits per heavy atom. The quantitative estimate of drug-likeness (QED) is 0.0262. The first-order valence-corrected chi connectivity index (χ1v) is 23.7. The summed E-state index contributed by atoms with van der Waals surface area (Å²) in [6.45, 7) is 4.68. The van der Waals surface area contributed by atoms with E-state index in [2.05, 4.69) is 26.0 Å². The number of unbranched alkanes of at least 4 members (excludes halogenated alkanes) is 27. The summed E-state index contributed by atoms with van der Waals surface area (Å²) in [4.78, 5) is 36.8. The van der Waals surface area contributed by atoms with Gasteiger partial charge in [-0.2, -0.15) is 0 Å². The number of carboxylic acids is 1. The third-order valence-corrected chi connectivity index (χ3v) is 10.9. The van der Waals surface area contributed by atoms with Gasteiger partial charge in [-0.3, -0.25) is 9.59 Å². The van der Waals surface area contributed by atoms with Crippen LogP contribution < -0.4 is 5.11 Å². The van der Waals surface area contributed by atoms with Crippen LogP contribution in [0, 0.1) is 0 Å². The molecule has 0 aliphatic rings. The lowest BCUT2D eigenvalue weighted by Crippen LogP contribution is -2.55. The molecule has 0 N–H and O–H groups in total. The van der Waals surface area contributed by atoms with Crippen molar-refractivity contribution in [3.8, 4) is 0 Å². The molecule has 0 saturated heterocycles. The van der Waals surface area contributed by atoms with E-state index in [0.29, 0.717) is 12.8 Å². The van der Waals surface area contributed by atoms with Gasteiger partial charge in [-0.25, -0.2) is 0 Å². The predicted octanol–water partition coefficient (Wildman–Crippen LogP) is 11.8. The standard InChI is InChI=1S/C48H91NO7/c1-6-8-10-12-14-16-18-19-20-21-22-23-24-25-26-27-29-31-33-35-37-39-47(51)56-44(42-54-41-40-45(48(52)53)49(3,4)5)43-55-46(50)38-36-34-32-30-28-17-15-13-11-9-7-2/h21-22,44-45H,6-20,23-43H2,1-5H3/b22-21-. The van der Waals surface area contributed by atoms with E-state index in [9.17, 15) is 19.5 Å². The fourth-order valence-corrected chi connectivity index (χ4v) is 7.18. The largest absolute Gasteiger partial charge is 0.544 e. The number of esters is 2. The van der Waals surface area contributed by atoms with Crippen LogP contribution in [0.25, 0.3) is 0 Å². The zero-order valence-corrected chi connectivity index (χ0v) is 37.6. The molecule has 0 aliphatic heterocycles. The second-order valence-corrected chi connectivity index (χ2v) is 17.4. The summed E-state index contributed by atoms with van der Waals surface area (Å²) >= 11 is 0. The van der Waals surface area contributed by atoms with Crippen LogP contribution >= 0.6 is 0 Å². The summed E-state index contributed by atoms with van der Waals surface area (Å²) in [6.07, 6.45) is 42.4. The number of carbonyl (C=O) groups is 3. The summed E-state index contributed by atoms with van der Waals surface area (Å²) in [5.74, 6) is -1.72. The van der Waals surface area contributed by atoms with E-state index in [1.54, 1.807) is 21.1 Å². The Morgan fingerprint density at radius 2 is 0.893 bits per heavy atom. The fraction of sp³-hybridized carbons (Fsp3) is 0.896. The molecule has 2 atom stereocenters. The summed E-state index contributed by atoms with van der Waals surface area (Å²) in [6, 6.07) is -0.721. The number of likely N-dealkylation sites (N-methyl/N-ethyl adjacent to an activating group) is 1. The van der Waals surface area contributed by atoms with Crippen molar-refractivity contribution in [2.24, 2.45) is 0 Å². The number of carboxylic acid groups (broad SMARTS) is 1. The molecule has 0 saturated carbocycles. The SMILES string of the molecule is CCCCCCCCCC/C=C\CCCCCCCCCCCC(=O)OC(COCCC(C(=O)[O-])[N+](C)(C)C)COC(=O)CCCCCCCCCCCCC. The van der Waals surface area contributed by atoms with Crippen LogP contribution in [-0.2, 0) is 28.6 Å². The number of quaternary nitrogens is 1. The molecule has 0 spiro atoms. The maximum absolute atomic E-state index is 12.7. The Bertz CT molecular complexity index is 931. The van der Waals surface area contributed by atoms with Gasteiger partial charge in [-0.15, -0.1) is 0 Å². The first-order valence-electron chi connectivity index (χ1n) is 23.7. The minimum Gasteiger partial charge on any atom is -0.544 e. The van der Waals surface area contributed by atoms with Gasteiger partial charge in [-0.1, -0.05) is 180 Å². The molecule has 0 aromatic rings. The Balaban J connectivity index is 4.21. The van der Waals surface area contributed by atoms with E-state index < -0.39 is 18.1 Å². The molecule has 8 heteroatoms. The van der Waals surface area contributed by atoms with E-state index in [1.165, 1.54) is 154 Å². The van der Waals surface area contributed by atoms with Gasteiger partial charge in [0.05, 0.1) is 40.3 Å². The van der Waals surface area contributed by atoms with E-state index in [-0.39, 0.29) is 42.7 Å². The highest BCUT2D eigenvalue weighted by Crippen LogP contribution is 2.15. The molecule has 0 aliphatic carbocycles. The van der Waals surface area contributed by atoms with Crippen LogP contribution in [0.2, 0.25) is 0 Å². The first-order chi connectivity index (χ1) is 27.1. The van der Waals surface area contributed by atoms with Gasteiger partial charge in [-0.05, 0) is 38.5 Å². The number of aliphatic carboxylic acids is 1. The lowest BCUT2D eigenvalue weighted by Gasteiger charge is -2.34. The molecule has 0 fully saturated rings. The second kappa shape index (κ2) is 39.9. The Labute approximate surface area is 346 Å². The van der Waals surface area contributed by atoms with Crippen molar-refractivity contribution >= 4 is 17.9 Å².